The van der Waals surface area contributed by atoms with Gasteiger partial charge in [0.05, 0.1) is 30.1 Å². The largest absolute Gasteiger partial charge is 0.464 e. The van der Waals surface area contributed by atoms with Gasteiger partial charge in [-0.1, -0.05) is 11.6 Å². The zero-order chi connectivity index (χ0) is 14.5. The summed E-state index contributed by atoms with van der Waals surface area (Å²) in [7, 11) is 0. The second kappa shape index (κ2) is 6.81. The fourth-order valence-electron chi connectivity index (χ4n) is 1.79. The molecule has 1 aromatic rings. The number of aromatic nitrogens is 1. The first-order valence-corrected chi connectivity index (χ1v) is 7.54. The lowest BCUT2D eigenvalue weighted by molar-refractivity contribution is -0.144. The maximum absolute atomic E-state index is 12.0. The van der Waals surface area contributed by atoms with Crippen LogP contribution in [0.25, 0.3) is 0 Å². The van der Waals surface area contributed by atoms with Gasteiger partial charge < -0.3 is 8.92 Å². The number of pyridine rings is 1. The second-order valence-electron chi connectivity index (χ2n) is 3.87. The number of carbonyl (C=O) groups excluding carboxylic acids is 1. The Morgan fingerprint density at radius 2 is 2.45 bits per heavy atom. The first kappa shape index (κ1) is 14.9. The number of carbonyl (C=O) groups is 1. The van der Waals surface area contributed by atoms with Crippen LogP contribution in [-0.4, -0.2) is 35.8 Å². The molecular formula is C12H14ClN3O3S. The van der Waals surface area contributed by atoms with E-state index in [1.54, 1.807) is 31.5 Å². The molecule has 20 heavy (non-hydrogen) atoms. The lowest BCUT2D eigenvalue weighted by Crippen LogP contribution is -2.36. The van der Waals surface area contributed by atoms with Gasteiger partial charge in [-0.15, -0.1) is 5.10 Å². The summed E-state index contributed by atoms with van der Waals surface area (Å²) in [6, 6.07) is 2.80. The third kappa shape index (κ3) is 3.16. The van der Waals surface area contributed by atoms with E-state index in [-0.39, 0.29) is 5.97 Å². The fraction of sp³-hybridized carbons (Fsp3) is 0.417. The zero-order valence-electron chi connectivity index (χ0n) is 11.1. The number of hydrogen-bond donors (Lipinski definition) is 0. The lowest BCUT2D eigenvalue weighted by Gasteiger charge is -2.20. The van der Waals surface area contributed by atoms with E-state index in [9.17, 15) is 4.79 Å². The predicted octanol–water partition coefficient (Wildman–Crippen LogP) is 2.48. The Kier molecular flexibility index (Phi) is 5.08. The third-order valence-corrected chi connectivity index (χ3v) is 3.23. The molecule has 0 amide bonds. The standard InChI is InChI=1S/C12H14ClN3O3S/c1-3-18-12(17)9-7-10(19-20-2)15-16(9)11-8(13)5-4-6-14-11/h4-6,9H,3,7H2,1-2H3. The fourth-order valence-corrected chi connectivity index (χ4v) is 2.29. The number of rotatable bonds is 4. The Morgan fingerprint density at radius 3 is 3.10 bits per heavy atom. The maximum Gasteiger partial charge on any atom is 0.331 e. The maximum atomic E-state index is 12.0. The molecule has 108 valence electrons. The zero-order valence-corrected chi connectivity index (χ0v) is 12.6. The molecule has 0 aromatic carbocycles. The molecule has 1 aliphatic heterocycles. The average molecular weight is 316 g/mol. The Morgan fingerprint density at radius 1 is 1.65 bits per heavy atom. The number of hydrogen-bond acceptors (Lipinski definition) is 7. The highest BCUT2D eigenvalue weighted by Crippen LogP contribution is 2.30. The minimum atomic E-state index is -0.607. The summed E-state index contributed by atoms with van der Waals surface area (Å²) in [5, 5.41) is 6.12. The summed E-state index contributed by atoms with van der Waals surface area (Å²) in [4.78, 5) is 16.2. The van der Waals surface area contributed by atoms with E-state index in [4.69, 9.17) is 20.5 Å². The van der Waals surface area contributed by atoms with Gasteiger partial charge in [-0.05, 0) is 19.1 Å². The number of hydrazone groups is 1. The van der Waals surface area contributed by atoms with Gasteiger partial charge in [-0.25, -0.2) is 14.8 Å². The van der Waals surface area contributed by atoms with Gasteiger partial charge in [0.2, 0.25) is 5.90 Å². The molecule has 0 aliphatic carbocycles. The molecule has 8 heteroatoms. The molecule has 0 saturated heterocycles. The predicted molar refractivity (Wildman–Crippen MR) is 78.8 cm³/mol. The van der Waals surface area contributed by atoms with Crippen LogP contribution in [0.4, 0.5) is 5.82 Å². The summed E-state index contributed by atoms with van der Waals surface area (Å²) in [5.74, 6) is 0.474. The van der Waals surface area contributed by atoms with Crippen molar-refractivity contribution in [3.63, 3.8) is 0 Å². The van der Waals surface area contributed by atoms with Crippen molar-refractivity contribution in [1.29, 1.82) is 0 Å². The molecule has 6 nitrogen and oxygen atoms in total. The Bertz CT molecular complexity index is 526. The van der Waals surface area contributed by atoms with Crippen LogP contribution in [-0.2, 0) is 13.7 Å². The highest BCUT2D eigenvalue weighted by Gasteiger charge is 2.37. The molecule has 0 saturated carbocycles. The molecule has 0 radical (unpaired) electrons. The number of nitrogens with zero attached hydrogens (tertiary/aromatic N) is 3. The van der Waals surface area contributed by atoms with E-state index in [1.165, 1.54) is 5.01 Å². The summed E-state index contributed by atoms with van der Waals surface area (Å²) >= 11 is 7.27. The minimum absolute atomic E-state index is 0.303. The van der Waals surface area contributed by atoms with Crippen molar-refractivity contribution >= 4 is 41.3 Å². The Hall–Kier alpha value is -1.47. The summed E-state index contributed by atoms with van der Waals surface area (Å²) < 4.78 is 10.4. The summed E-state index contributed by atoms with van der Waals surface area (Å²) in [5.41, 5.74) is 0. The normalized spacial score (nSPS) is 17.9. The van der Waals surface area contributed by atoms with Crippen LogP contribution in [0.3, 0.4) is 0 Å². The number of anilines is 1. The van der Waals surface area contributed by atoms with Gasteiger partial charge in [-0.3, -0.25) is 0 Å². The van der Waals surface area contributed by atoms with Crippen molar-refractivity contribution in [2.24, 2.45) is 5.10 Å². The topological polar surface area (TPSA) is 64.0 Å². The van der Waals surface area contributed by atoms with Crippen LogP contribution in [0.15, 0.2) is 23.4 Å². The smallest absolute Gasteiger partial charge is 0.331 e. The summed E-state index contributed by atoms with van der Waals surface area (Å²) in [6.45, 7) is 2.06. The molecule has 2 rings (SSSR count). The molecule has 1 aliphatic rings. The van der Waals surface area contributed by atoms with Crippen molar-refractivity contribution in [2.45, 2.75) is 19.4 Å². The molecule has 0 spiro atoms. The van der Waals surface area contributed by atoms with Crippen LogP contribution in [0.2, 0.25) is 5.02 Å². The van der Waals surface area contributed by atoms with Crippen LogP contribution in [0, 0.1) is 0 Å². The third-order valence-electron chi connectivity index (χ3n) is 2.58. The molecule has 0 fully saturated rings. The van der Waals surface area contributed by atoms with Crippen LogP contribution < -0.4 is 5.01 Å². The van der Waals surface area contributed by atoms with Crippen molar-refractivity contribution in [3.8, 4) is 0 Å². The summed E-state index contributed by atoms with van der Waals surface area (Å²) in [6.07, 6.45) is 3.69. The van der Waals surface area contributed by atoms with E-state index in [0.29, 0.717) is 29.8 Å². The average Bonchev–Trinajstić information content (AvgIpc) is 2.84. The van der Waals surface area contributed by atoms with Crippen LogP contribution in [0.1, 0.15) is 13.3 Å². The molecule has 1 unspecified atom stereocenters. The quantitative estimate of drug-likeness (QED) is 0.628. The Labute approximate surface area is 126 Å². The van der Waals surface area contributed by atoms with Crippen LogP contribution in [0.5, 0.6) is 0 Å². The highest BCUT2D eigenvalue weighted by atomic mass is 35.5. The van der Waals surface area contributed by atoms with E-state index in [1.807, 2.05) is 0 Å². The Balaban J connectivity index is 2.29. The van der Waals surface area contributed by atoms with E-state index in [2.05, 4.69) is 10.1 Å². The monoisotopic (exact) mass is 315 g/mol. The van der Waals surface area contributed by atoms with Gasteiger partial charge in [0.1, 0.15) is 0 Å². The minimum Gasteiger partial charge on any atom is -0.464 e. The van der Waals surface area contributed by atoms with Gasteiger partial charge in [-0.2, -0.15) is 0 Å². The number of esters is 1. The number of halogens is 1. The SMILES string of the molecule is CCOC(=O)C1CC(OSC)=NN1c1ncccc1Cl. The van der Waals surface area contributed by atoms with Crippen molar-refractivity contribution < 1.29 is 13.7 Å². The first-order valence-electron chi connectivity index (χ1n) is 6.02. The van der Waals surface area contributed by atoms with Crippen LogP contribution >= 0.6 is 23.6 Å². The van der Waals surface area contributed by atoms with Gasteiger partial charge in [0.15, 0.2) is 11.9 Å². The molecule has 0 N–H and O–H groups in total. The van der Waals surface area contributed by atoms with E-state index >= 15 is 0 Å². The molecular weight excluding hydrogens is 302 g/mol. The lowest BCUT2D eigenvalue weighted by atomic mass is 10.2. The van der Waals surface area contributed by atoms with Crippen molar-refractivity contribution in [3.05, 3.63) is 23.4 Å². The first-order chi connectivity index (χ1) is 9.67. The van der Waals surface area contributed by atoms with Gasteiger partial charge in [0, 0.05) is 12.5 Å². The molecule has 0 bridgehead atoms. The second-order valence-corrected chi connectivity index (χ2v) is 4.78. The molecule has 1 atom stereocenters. The van der Waals surface area contributed by atoms with Crippen molar-refractivity contribution in [2.75, 3.05) is 17.9 Å². The van der Waals surface area contributed by atoms with Gasteiger partial charge >= 0.3 is 5.97 Å². The van der Waals surface area contributed by atoms with Crippen molar-refractivity contribution in [1.82, 2.24) is 4.98 Å². The highest BCUT2D eigenvalue weighted by molar-refractivity contribution is 7.94. The number of ether oxygens (including phenoxy) is 1. The van der Waals surface area contributed by atoms with E-state index < -0.39 is 6.04 Å². The molecule has 2 heterocycles. The molecule has 1 aromatic heterocycles. The van der Waals surface area contributed by atoms with E-state index in [0.717, 1.165) is 12.0 Å². The van der Waals surface area contributed by atoms with Gasteiger partial charge in [0.25, 0.3) is 0 Å².